The van der Waals surface area contributed by atoms with Crippen LogP contribution in [-0.2, 0) is 32.5 Å². The zero-order valence-corrected chi connectivity index (χ0v) is 16.7. The summed E-state index contributed by atoms with van der Waals surface area (Å²) >= 11 is 0. The number of sulfone groups is 1. The molecule has 3 amide bonds. The van der Waals surface area contributed by atoms with Crippen molar-refractivity contribution in [2.24, 2.45) is 5.73 Å². The number of carbonyl (C=O) groups excluding carboxylic acids is 3. The lowest BCUT2D eigenvalue weighted by molar-refractivity contribution is -0.136. The second-order valence-corrected chi connectivity index (χ2v) is 10.1. The van der Waals surface area contributed by atoms with Crippen molar-refractivity contribution in [2.75, 3.05) is 11.5 Å². The Bertz CT molecular complexity index is 977. The lowest BCUT2D eigenvalue weighted by Gasteiger charge is -2.30. The molecule has 0 spiro atoms. The highest BCUT2D eigenvalue weighted by molar-refractivity contribution is 7.91. The smallest absolute Gasteiger partial charge is 0.255 e. The highest BCUT2D eigenvalue weighted by atomic mass is 32.2. The van der Waals surface area contributed by atoms with Gasteiger partial charge in [0.05, 0.1) is 11.5 Å². The van der Waals surface area contributed by atoms with E-state index >= 15 is 0 Å². The third-order valence-electron chi connectivity index (χ3n) is 5.95. The van der Waals surface area contributed by atoms with Crippen LogP contribution < -0.4 is 16.4 Å². The van der Waals surface area contributed by atoms with E-state index in [1.165, 1.54) is 4.90 Å². The first-order valence-electron chi connectivity index (χ1n) is 9.70. The molecule has 1 aromatic rings. The largest absolute Gasteiger partial charge is 0.326 e. The van der Waals surface area contributed by atoms with Gasteiger partial charge in [0.25, 0.3) is 5.91 Å². The van der Waals surface area contributed by atoms with Gasteiger partial charge in [0.2, 0.25) is 11.8 Å². The van der Waals surface area contributed by atoms with Gasteiger partial charge in [-0.15, -0.1) is 0 Å². The predicted molar refractivity (Wildman–Crippen MR) is 104 cm³/mol. The standard InChI is InChI=1S/C19H24N4O5S/c20-14-6-7-29(27,28)10-15(14)21-8-11-2-1-3-12-13(11)9-23(19(12)26)16-4-5-17(24)22-18(16)25/h1-3,14-16,21H,4-10,20H2,(H,22,24,25)/t14-,15+,16?/m1/s1. The maximum absolute atomic E-state index is 12.9. The van der Waals surface area contributed by atoms with E-state index in [2.05, 4.69) is 10.6 Å². The predicted octanol–water partition coefficient (Wildman–Crippen LogP) is -0.948. The molecule has 0 saturated carbocycles. The van der Waals surface area contributed by atoms with Gasteiger partial charge in [-0.1, -0.05) is 12.1 Å². The van der Waals surface area contributed by atoms with E-state index in [-0.39, 0.29) is 48.4 Å². The maximum Gasteiger partial charge on any atom is 0.255 e. The average Bonchev–Trinajstić information content (AvgIpc) is 3.00. The van der Waals surface area contributed by atoms with Crippen LogP contribution in [0.3, 0.4) is 0 Å². The molecule has 3 aliphatic rings. The number of amides is 3. The number of hydrogen-bond acceptors (Lipinski definition) is 7. The lowest BCUT2D eigenvalue weighted by Crippen LogP contribution is -2.53. The Labute approximate surface area is 168 Å². The SMILES string of the molecule is N[C@@H]1CCS(=O)(=O)C[C@@H]1NCc1cccc2c1CN(C1CCC(=O)NC1=O)C2=O. The maximum atomic E-state index is 12.9. The third kappa shape index (κ3) is 3.92. The van der Waals surface area contributed by atoms with E-state index in [0.717, 1.165) is 11.1 Å². The van der Waals surface area contributed by atoms with E-state index in [0.29, 0.717) is 24.9 Å². The van der Waals surface area contributed by atoms with Crippen molar-refractivity contribution in [1.29, 1.82) is 0 Å². The van der Waals surface area contributed by atoms with Crippen molar-refractivity contribution in [3.05, 3.63) is 34.9 Å². The normalized spacial score (nSPS) is 28.9. The van der Waals surface area contributed by atoms with Gasteiger partial charge in [0.1, 0.15) is 6.04 Å². The van der Waals surface area contributed by atoms with Crippen LogP contribution in [0.1, 0.15) is 40.7 Å². The van der Waals surface area contributed by atoms with Gasteiger partial charge >= 0.3 is 0 Å². The minimum Gasteiger partial charge on any atom is -0.326 e. The highest BCUT2D eigenvalue weighted by Crippen LogP contribution is 2.30. The second-order valence-electron chi connectivity index (χ2n) is 7.90. The van der Waals surface area contributed by atoms with Crippen LogP contribution in [0.2, 0.25) is 0 Å². The Balaban J connectivity index is 1.50. The number of fused-ring (bicyclic) bond motifs is 1. The van der Waals surface area contributed by atoms with Crippen molar-refractivity contribution in [3.63, 3.8) is 0 Å². The molecule has 1 unspecified atom stereocenters. The van der Waals surface area contributed by atoms with Gasteiger partial charge in [-0.25, -0.2) is 8.42 Å². The quantitative estimate of drug-likeness (QED) is 0.534. The zero-order chi connectivity index (χ0) is 20.8. The highest BCUT2D eigenvalue weighted by Gasteiger charge is 2.40. The Morgan fingerprint density at radius 1 is 1.21 bits per heavy atom. The van der Waals surface area contributed by atoms with Gasteiger partial charge in [-0.3, -0.25) is 19.7 Å². The summed E-state index contributed by atoms with van der Waals surface area (Å²) in [6.07, 6.45) is 0.945. The minimum atomic E-state index is -3.10. The summed E-state index contributed by atoms with van der Waals surface area (Å²) in [4.78, 5) is 38.0. The van der Waals surface area contributed by atoms with Gasteiger partial charge < -0.3 is 16.0 Å². The van der Waals surface area contributed by atoms with Crippen LogP contribution in [0.4, 0.5) is 0 Å². The number of nitrogens with two attached hydrogens (primary N) is 1. The van der Waals surface area contributed by atoms with E-state index < -0.39 is 21.8 Å². The summed E-state index contributed by atoms with van der Waals surface area (Å²) in [6.45, 7) is 0.668. The number of piperidine rings is 1. The number of nitrogens with zero attached hydrogens (tertiary/aromatic N) is 1. The summed E-state index contributed by atoms with van der Waals surface area (Å²) in [5.74, 6) is -0.875. The van der Waals surface area contributed by atoms with Crippen LogP contribution in [0.25, 0.3) is 0 Å². The molecule has 0 aromatic heterocycles. The molecule has 4 rings (SSSR count). The first-order valence-corrected chi connectivity index (χ1v) is 11.5. The fourth-order valence-corrected chi connectivity index (χ4v) is 5.97. The fraction of sp³-hybridized carbons (Fsp3) is 0.526. The molecule has 10 heteroatoms. The number of hydrogen-bond donors (Lipinski definition) is 3. The van der Waals surface area contributed by atoms with Crippen LogP contribution in [0.5, 0.6) is 0 Å². The summed E-state index contributed by atoms with van der Waals surface area (Å²) in [6, 6.07) is 4.15. The first kappa shape index (κ1) is 20.0. The number of benzene rings is 1. The fourth-order valence-electron chi connectivity index (χ4n) is 4.26. The van der Waals surface area contributed by atoms with E-state index in [4.69, 9.17) is 5.73 Å². The lowest BCUT2D eigenvalue weighted by atomic mass is 10.0. The van der Waals surface area contributed by atoms with Gasteiger partial charge in [0, 0.05) is 37.2 Å². The molecule has 0 radical (unpaired) electrons. The Hall–Kier alpha value is -2.30. The molecule has 156 valence electrons. The molecule has 1 aromatic carbocycles. The Morgan fingerprint density at radius 3 is 2.76 bits per heavy atom. The molecule has 29 heavy (non-hydrogen) atoms. The van der Waals surface area contributed by atoms with Crippen molar-refractivity contribution >= 4 is 27.6 Å². The molecule has 0 bridgehead atoms. The molecule has 3 heterocycles. The van der Waals surface area contributed by atoms with Crippen LogP contribution >= 0.6 is 0 Å². The number of imide groups is 1. The third-order valence-corrected chi connectivity index (χ3v) is 7.67. The minimum absolute atomic E-state index is 0.00448. The molecule has 9 nitrogen and oxygen atoms in total. The molecule has 3 aliphatic heterocycles. The van der Waals surface area contributed by atoms with E-state index in [1.54, 1.807) is 12.1 Å². The van der Waals surface area contributed by atoms with Crippen LogP contribution in [0.15, 0.2) is 18.2 Å². The van der Waals surface area contributed by atoms with E-state index in [9.17, 15) is 22.8 Å². The van der Waals surface area contributed by atoms with Crippen molar-refractivity contribution in [2.45, 2.75) is 50.5 Å². The van der Waals surface area contributed by atoms with Crippen LogP contribution in [0, 0.1) is 0 Å². The Morgan fingerprint density at radius 2 is 2.00 bits per heavy atom. The molecular formula is C19H24N4O5S. The topological polar surface area (TPSA) is 139 Å². The number of carbonyl (C=O) groups is 3. The van der Waals surface area contributed by atoms with Gasteiger partial charge in [0.15, 0.2) is 9.84 Å². The molecule has 2 saturated heterocycles. The number of nitrogens with one attached hydrogen (secondary N) is 2. The molecule has 2 fully saturated rings. The Kier molecular flexibility index (Phi) is 5.18. The van der Waals surface area contributed by atoms with Gasteiger partial charge in [-0.05, 0) is 30.0 Å². The number of rotatable bonds is 4. The summed E-state index contributed by atoms with van der Waals surface area (Å²) < 4.78 is 23.8. The van der Waals surface area contributed by atoms with Crippen molar-refractivity contribution in [1.82, 2.24) is 15.5 Å². The van der Waals surface area contributed by atoms with Crippen LogP contribution in [-0.4, -0.2) is 60.7 Å². The monoisotopic (exact) mass is 420 g/mol. The van der Waals surface area contributed by atoms with Crippen molar-refractivity contribution < 1.29 is 22.8 Å². The molecule has 4 N–H and O–H groups in total. The second kappa shape index (κ2) is 7.51. The van der Waals surface area contributed by atoms with Crippen molar-refractivity contribution in [3.8, 4) is 0 Å². The summed E-state index contributed by atoms with van der Waals surface area (Å²) in [5.41, 5.74) is 8.32. The summed E-state index contributed by atoms with van der Waals surface area (Å²) in [7, 11) is -3.10. The zero-order valence-electron chi connectivity index (χ0n) is 15.9. The average molecular weight is 420 g/mol. The summed E-state index contributed by atoms with van der Waals surface area (Å²) in [5, 5.41) is 5.53. The molecule has 0 aliphatic carbocycles. The van der Waals surface area contributed by atoms with Gasteiger partial charge in [-0.2, -0.15) is 0 Å². The van der Waals surface area contributed by atoms with E-state index in [1.807, 2.05) is 6.07 Å². The molecular weight excluding hydrogens is 396 g/mol. The first-order chi connectivity index (χ1) is 13.7. The molecule has 3 atom stereocenters.